The van der Waals surface area contributed by atoms with Gasteiger partial charge in [-0.1, -0.05) is 5.16 Å². The van der Waals surface area contributed by atoms with Crippen molar-refractivity contribution in [2.24, 2.45) is 0 Å². The van der Waals surface area contributed by atoms with Crippen molar-refractivity contribution in [2.45, 2.75) is 25.9 Å². The summed E-state index contributed by atoms with van der Waals surface area (Å²) in [7, 11) is 1.87. The average molecular weight is 279 g/mol. The molecule has 2 aromatic rings. The molecule has 0 bridgehead atoms. The van der Waals surface area contributed by atoms with Gasteiger partial charge in [0.05, 0.1) is 13.2 Å². The number of nitrogens with zero attached hydrogens (tertiary/aromatic N) is 3. The Kier molecular flexibility index (Phi) is 4.15. The van der Waals surface area contributed by atoms with E-state index in [1.807, 2.05) is 25.8 Å². The van der Waals surface area contributed by atoms with E-state index in [2.05, 4.69) is 10.1 Å². The van der Waals surface area contributed by atoms with Gasteiger partial charge < -0.3 is 9.63 Å². The predicted octanol–water partition coefficient (Wildman–Crippen LogP) is 2.08. The zero-order valence-corrected chi connectivity index (χ0v) is 11.8. The Hall–Kier alpha value is -1.79. The lowest BCUT2D eigenvalue weighted by molar-refractivity contribution is 0.0652. The van der Waals surface area contributed by atoms with E-state index in [-0.39, 0.29) is 18.0 Å². The van der Waals surface area contributed by atoms with Crippen molar-refractivity contribution in [3.8, 4) is 11.4 Å². The van der Waals surface area contributed by atoms with Crippen molar-refractivity contribution < 1.29 is 14.0 Å². The Balaban J connectivity index is 2.11. The minimum Gasteiger partial charge on any atom is -0.394 e. The smallest absolute Gasteiger partial charge is 0.241 e. The van der Waals surface area contributed by atoms with Crippen molar-refractivity contribution in [2.75, 3.05) is 13.7 Å². The van der Waals surface area contributed by atoms with E-state index in [0.717, 1.165) is 0 Å². The minimum atomic E-state index is -0.371. The fraction of sp³-hybridized carbons (Fsp3) is 0.429. The first-order valence-corrected chi connectivity index (χ1v) is 6.33. The second kappa shape index (κ2) is 5.68. The summed E-state index contributed by atoms with van der Waals surface area (Å²) >= 11 is 0. The summed E-state index contributed by atoms with van der Waals surface area (Å²) in [6, 6.07) is 5.91. The van der Waals surface area contributed by atoms with E-state index in [1.54, 1.807) is 12.1 Å². The molecule has 0 aliphatic heterocycles. The largest absolute Gasteiger partial charge is 0.394 e. The molecular weight excluding hydrogens is 261 g/mol. The number of hydrogen-bond acceptors (Lipinski definition) is 5. The topological polar surface area (TPSA) is 62.4 Å². The minimum absolute atomic E-state index is 0.0302. The zero-order valence-electron chi connectivity index (χ0n) is 11.8. The molecule has 1 N–H and O–H groups in total. The van der Waals surface area contributed by atoms with Crippen LogP contribution in [0.3, 0.4) is 0 Å². The van der Waals surface area contributed by atoms with E-state index >= 15 is 0 Å². The van der Waals surface area contributed by atoms with Gasteiger partial charge in [0.1, 0.15) is 5.82 Å². The van der Waals surface area contributed by atoms with Crippen LogP contribution < -0.4 is 0 Å². The molecule has 1 heterocycles. The highest BCUT2D eigenvalue weighted by Crippen LogP contribution is 2.18. The first-order chi connectivity index (χ1) is 9.42. The Labute approximate surface area is 117 Å². The second-order valence-corrected chi connectivity index (χ2v) is 5.35. The van der Waals surface area contributed by atoms with Crippen molar-refractivity contribution in [1.29, 1.82) is 0 Å². The van der Waals surface area contributed by atoms with Crippen LogP contribution in [0.1, 0.15) is 19.7 Å². The molecule has 1 aromatic carbocycles. The Morgan fingerprint density at radius 2 is 1.95 bits per heavy atom. The third-order valence-corrected chi connectivity index (χ3v) is 3.36. The second-order valence-electron chi connectivity index (χ2n) is 5.35. The molecule has 0 aliphatic rings. The van der Waals surface area contributed by atoms with Gasteiger partial charge in [-0.2, -0.15) is 4.98 Å². The molecule has 0 saturated heterocycles. The van der Waals surface area contributed by atoms with E-state index in [1.165, 1.54) is 12.1 Å². The number of aliphatic hydroxyl groups excluding tert-OH is 1. The third-order valence-electron chi connectivity index (χ3n) is 3.36. The predicted molar refractivity (Wildman–Crippen MR) is 72.3 cm³/mol. The molecule has 5 nitrogen and oxygen atoms in total. The van der Waals surface area contributed by atoms with Gasteiger partial charge >= 0.3 is 0 Å². The van der Waals surface area contributed by atoms with Gasteiger partial charge in [-0.05, 0) is 45.2 Å². The molecule has 0 radical (unpaired) electrons. The van der Waals surface area contributed by atoms with Crippen LogP contribution in [-0.2, 0) is 6.54 Å². The Morgan fingerprint density at radius 3 is 2.55 bits per heavy atom. The molecule has 6 heteroatoms. The summed E-state index contributed by atoms with van der Waals surface area (Å²) < 4.78 is 18.0. The van der Waals surface area contributed by atoms with E-state index in [4.69, 9.17) is 4.52 Å². The fourth-order valence-electron chi connectivity index (χ4n) is 1.57. The standard InChI is InChI=1S/C14H18FN3O2/c1-14(2,9-19)18(3)8-12-16-13(17-20-12)10-4-6-11(15)7-5-10/h4-7,19H,8-9H2,1-3H3. The molecular formula is C14H18FN3O2. The van der Waals surface area contributed by atoms with E-state index in [9.17, 15) is 9.50 Å². The van der Waals surface area contributed by atoms with Crippen LogP contribution in [0.25, 0.3) is 11.4 Å². The maximum absolute atomic E-state index is 12.9. The third kappa shape index (κ3) is 3.20. The Morgan fingerprint density at radius 1 is 1.30 bits per heavy atom. The first kappa shape index (κ1) is 14.6. The molecule has 0 saturated carbocycles. The SMILES string of the molecule is CN(Cc1nc(-c2ccc(F)cc2)no1)C(C)(C)CO. The highest BCUT2D eigenvalue weighted by atomic mass is 19.1. The molecule has 0 unspecified atom stereocenters. The summed E-state index contributed by atoms with van der Waals surface area (Å²) in [5.41, 5.74) is 0.329. The van der Waals surface area contributed by atoms with Crippen molar-refractivity contribution in [3.05, 3.63) is 36.0 Å². The number of rotatable bonds is 5. The van der Waals surface area contributed by atoms with Crippen LogP contribution in [0.2, 0.25) is 0 Å². The van der Waals surface area contributed by atoms with Gasteiger partial charge in [0, 0.05) is 11.1 Å². The molecule has 0 atom stereocenters. The lowest BCUT2D eigenvalue weighted by Crippen LogP contribution is -2.43. The summed E-state index contributed by atoms with van der Waals surface area (Å²) in [6.45, 7) is 4.30. The summed E-state index contributed by atoms with van der Waals surface area (Å²) in [4.78, 5) is 6.20. The molecule has 0 spiro atoms. The molecule has 1 aromatic heterocycles. The lowest BCUT2D eigenvalue weighted by atomic mass is 10.1. The molecule has 20 heavy (non-hydrogen) atoms. The number of aliphatic hydroxyl groups is 1. The molecule has 108 valence electrons. The normalized spacial score (nSPS) is 12.1. The summed E-state index contributed by atoms with van der Waals surface area (Å²) in [5.74, 6) is 0.574. The maximum Gasteiger partial charge on any atom is 0.241 e. The molecule has 2 rings (SSSR count). The van der Waals surface area contributed by atoms with Crippen molar-refractivity contribution >= 4 is 0 Å². The highest BCUT2D eigenvalue weighted by molar-refractivity contribution is 5.53. The van der Waals surface area contributed by atoms with Crippen LogP contribution in [0.5, 0.6) is 0 Å². The van der Waals surface area contributed by atoms with Crippen LogP contribution in [-0.4, -0.2) is 39.3 Å². The number of aromatic nitrogens is 2. The number of halogens is 1. The average Bonchev–Trinajstić information content (AvgIpc) is 2.88. The van der Waals surface area contributed by atoms with Crippen LogP contribution in [0, 0.1) is 5.82 Å². The molecule has 0 aliphatic carbocycles. The quantitative estimate of drug-likeness (QED) is 0.908. The van der Waals surface area contributed by atoms with Crippen LogP contribution in [0.15, 0.2) is 28.8 Å². The number of benzene rings is 1. The van der Waals surface area contributed by atoms with Gasteiger partial charge in [0.2, 0.25) is 11.7 Å². The van der Waals surface area contributed by atoms with Gasteiger partial charge in [-0.25, -0.2) is 4.39 Å². The maximum atomic E-state index is 12.9. The van der Waals surface area contributed by atoms with E-state index in [0.29, 0.717) is 23.8 Å². The monoisotopic (exact) mass is 279 g/mol. The van der Waals surface area contributed by atoms with Gasteiger partial charge in [-0.15, -0.1) is 0 Å². The lowest BCUT2D eigenvalue weighted by Gasteiger charge is -2.32. The van der Waals surface area contributed by atoms with Gasteiger partial charge in [0.25, 0.3) is 0 Å². The van der Waals surface area contributed by atoms with E-state index < -0.39 is 0 Å². The summed E-state index contributed by atoms with van der Waals surface area (Å²) in [5, 5.41) is 13.2. The number of hydrogen-bond donors (Lipinski definition) is 1. The Bertz CT molecular complexity index is 566. The fourth-order valence-corrected chi connectivity index (χ4v) is 1.57. The molecule has 0 fully saturated rings. The first-order valence-electron chi connectivity index (χ1n) is 6.33. The van der Waals surface area contributed by atoms with Gasteiger partial charge in [-0.3, -0.25) is 4.90 Å². The number of likely N-dealkylation sites (N-methyl/N-ethyl adjacent to an activating group) is 1. The van der Waals surface area contributed by atoms with Crippen LogP contribution in [0.4, 0.5) is 4.39 Å². The van der Waals surface area contributed by atoms with Crippen molar-refractivity contribution in [3.63, 3.8) is 0 Å². The zero-order chi connectivity index (χ0) is 14.8. The molecule has 0 amide bonds. The van der Waals surface area contributed by atoms with Crippen LogP contribution >= 0.6 is 0 Å². The van der Waals surface area contributed by atoms with Crippen molar-refractivity contribution in [1.82, 2.24) is 15.0 Å². The van der Waals surface area contributed by atoms with Gasteiger partial charge in [0.15, 0.2) is 0 Å². The summed E-state index contributed by atoms with van der Waals surface area (Å²) in [6.07, 6.45) is 0. The highest BCUT2D eigenvalue weighted by Gasteiger charge is 2.24.